The van der Waals surface area contributed by atoms with Crippen molar-refractivity contribution in [2.75, 3.05) is 6.61 Å². The maximum absolute atomic E-state index is 12.9. The normalized spacial score (nSPS) is 18.3. The van der Waals surface area contributed by atoms with Crippen LogP contribution in [0.1, 0.15) is 32.1 Å². The molecule has 0 atom stereocenters. The Morgan fingerprint density at radius 1 is 0.944 bits per heavy atom. The molecule has 0 amide bonds. The molecule has 0 aromatic heterocycles. The van der Waals surface area contributed by atoms with Crippen molar-refractivity contribution in [2.45, 2.75) is 32.1 Å². The van der Waals surface area contributed by atoms with E-state index in [9.17, 15) is 5.11 Å². The molecule has 0 aliphatic heterocycles. The Kier molecular flexibility index (Phi) is 12.2. The topological polar surface area (TPSA) is 32.3 Å². The Morgan fingerprint density at radius 3 is 2.17 bits per heavy atom. The summed E-state index contributed by atoms with van der Waals surface area (Å²) in [6, 6.07) is 20.9. The Hall–Kier alpha value is -2.44. The molecule has 5 rings (SSSR count). The van der Waals surface area contributed by atoms with Crippen LogP contribution in [0.2, 0.25) is 0 Å². The first-order valence-corrected chi connectivity index (χ1v) is 13.8. The van der Waals surface area contributed by atoms with Gasteiger partial charge in [0.15, 0.2) is 0 Å². The number of hydrogen-bond donors (Lipinski definition) is 0. The summed E-state index contributed by atoms with van der Waals surface area (Å²) < 4.78 is 5.62. The van der Waals surface area contributed by atoms with Crippen LogP contribution in [-0.2, 0) is 21.8 Å². The van der Waals surface area contributed by atoms with Crippen LogP contribution in [0.4, 0.5) is 0 Å². The van der Waals surface area contributed by atoms with E-state index < -0.39 is 7.92 Å². The fraction of sp³-hybridized carbons (Fsp3) is 0.219. The maximum atomic E-state index is 12.9. The molecule has 2 aromatic carbocycles. The quantitative estimate of drug-likeness (QED) is 0.134. The van der Waals surface area contributed by atoms with Gasteiger partial charge in [0.2, 0.25) is 0 Å². The molecule has 0 heterocycles. The fourth-order valence-electron chi connectivity index (χ4n) is 4.46. The number of rotatable bonds is 7. The standard InChI is InChI=1S/C27H29O2P.C5H5.Fe/c28-27(29-21-11-14-22-12-4-1-5-13-22)25-19-10-20-26(25)30(23-15-6-2-7-16-23)24-17-8-3-9-18-24;1-2-4-5-3-1;/h2-3,6-11,14-20,22,28H,1,4-5,12-13,21H2;1-5H;/q;-1;+2/p-1/b14-11+,27-25+;;. The van der Waals surface area contributed by atoms with Crippen molar-refractivity contribution >= 4 is 18.5 Å². The van der Waals surface area contributed by atoms with Crippen LogP contribution in [0.5, 0.6) is 0 Å². The molecule has 2 radical (unpaired) electrons. The Bertz CT molecular complexity index is 1020. The van der Waals surface area contributed by atoms with E-state index in [0.717, 1.165) is 5.31 Å². The fourth-order valence-corrected chi connectivity index (χ4v) is 6.89. The van der Waals surface area contributed by atoms with E-state index in [1.54, 1.807) is 0 Å². The second kappa shape index (κ2) is 15.6. The summed E-state index contributed by atoms with van der Waals surface area (Å²) in [6.45, 7) is 0.342. The van der Waals surface area contributed by atoms with E-state index >= 15 is 0 Å². The van der Waals surface area contributed by atoms with Gasteiger partial charge in [-0.2, -0.15) is 0 Å². The first-order chi connectivity index (χ1) is 17.3. The molecule has 1 saturated carbocycles. The van der Waals surface area contributed by atoms with Gasteiger partial charge in [-0.3, -0.25) is 0 Å². The SMILES string of the molecule is [CH]1[CH][CH-]C=C1.[Fe+2].[O-]/C(OC/C=C/C1CCCCC1)=C1/C=CC=C1P(c1ccccc1)c1ccccc1. The molecule has 36 heavy (non-hydrogen) atoms. The van der Waals surface area contributed by atoms with Crippen LogP contribution in [0.25, 0.3) is 0 Å². The van der Waals surface area contributed by atoms with E-state index in [1.165, 1.54) is 42.7 Å². The average Bonchev–Trinajstić information content (AvgIpc) is 3.65. The van der Waals surface area contributed by atoms with E-state index in [2.05, 4.69) is 60.7 Å². The summed E-state index contributed by atoms with van der Waals surface area (Å²) in [5.74, 6) is 0.415. The Labute approximate surface area is 228 Å². The molecule has 3 aliphatic rings. The van der Waals surface area contributed by atoms with Crippen LogP contribution in [0, 0.1) is 25.2 Å². The smallest absolute Gasteiger partial charge is 0.609 e. The van der Waals surface area contributed by atoms with Crippen molar-refractivity contribution in [3.05, 3.63) is 139 Å². The number of allylic oxidation sites excluding steroid dienone is 8. The minimum Gasteiger partial charge on any atom is -0.609 e. The Morgan fingerprint density at radius 2 is 1.61 bits per heavy atom. The van der Waals surface area contributed by atoms with E-state index in [1.807, 2.05) is 61.8 Å². The van der Waals surface area contributed by atoms with Crippen LogP contribution in [0.15, 0.2) is 120 Å². The third kappa shape index (κ3) is 8.31. The summed E-state index contributed by atoms with van der Waals surface area (Å²) in [5.41, 5.74) is 0.680. The molecule has 0 bridgehead atoms. The summed E-state index contributed by atoms with van der Waals surface area (Å²) in [7, 11) is -0.810. The van der Waals surface area contributed by atoms with E-state index in [-0.39, 0.29) is 23.0 Å². The Balaban J connectivity index is 0.000000538. The van der Waals surface area contributed by atoms with Crippen molar-refractivity contribution in [3.63, 3.8) is 0 Å². The van der Waals surface area contributed by atoms with Gasteiger partial charge in [-0.15, -0.1) is 12.8 Å². The van der Waals surface area contributed by atoms with Gasteiger partial charge in [0.25, 0.3) is 0 Å². The molecule has 2 aromatic rings. The molecule has 4 heteroatoms. The summed E-state index contributed by atoms with van der Waals surface area (Å²) >= 11 is 0. The zero-order valence-electron chi connectivity index (χ0n) is 20.5. The molecule has 186 valence electrons. The molecule has 0 N–H and O–H groups in total. The molecular weight excluding hydrogens is 503 g/mol. The molecular formula is C32H33FeO2P. The third-order valence-corrected chi connectivity index (χ3v) is 8.71. The van der Waals surface area contributed by atoms with Crippen LogP contribution < -0.4 is 15.7 Å². The first-order valence-electron chi connectivity index (χ1n) is 12.5. The predicted octanol–water partition coefficient (Wildman–Crippen LogP) is 6.46. The minimum absolute atomic E-state index is 0. The predicted molar refractivity (Wildman–Crippen MR) is 147 cm³/mol. The number of benzene rings is 2. The maximum Gasteiger partial charge on any atom is 2.00 e. The first kappa shape index (κ1) is 28.1. The second-order valence-corrected chi connectivity index (χ2v) is 10.9. The van der Waals surface area contributed by atoms with Gasteiger partial charge in [-0.1, -0.05) is 110 Å². The summed E-state index contributed by atoms with van der Waals surface area (Å²) in [6.07, 6.45) is 26.7. The molecule has 0 spiro atoms. The zero-order chi connectivity index (χ0) is 24.1. The number of hydrogen-bond acceptors (Lipinski definition) is 2. The van der Waals surface area contributed by atoms with Gasteiger partial charge in [0.1, 0.15) is 0 Å². The summed E-state index contributed by atoms with van der Waals surface area (Å²) in [4.78, 5) is 0. The molecule has 0 unspecified atom stereocenters. The van der Waals surface area contributed by atoms with E-state index in [4.69, 9.17) is 4.74 Å². The molecule has 1 fully saturated rings. The van der Waals surface area contributed by atoms with Gasteiger partial charge in [0, 0.05) is 12.2 Å². The van der Waals surface area contributed by atoms with Gasteiger partial charge in [-0.05, 0) is 42.6 Å². The minimum atomic E-state index is -0.810. The van der Waals surface area contributed by atoms with Crippen LogP contribution in [0.3, 0.4) is 0 Å². The van der Waals surface area contributed by atoms with Crippen molar-refractivity contribution in [1.82, 2.24) is 0 Å². The largest absolute Gasteiger partial charge is 2.00 e. The molecule has 0 saturated heterocycles. The van der Waals surface area contributed by atoms with Crippen molar-refractivity contribution in [1.29, 1.82) is 0 Å². The molecule has 3 aliphatic carbocycles. The van der Waals surface area contributed by atoms with E-state index in [0.29, 0.717) is 18.1 Å². The second-order valence-electron chi connectivity index (χ2n) is 8.72. The number of ether oxygens (including phenoxy) is 1. The van der Waals surface area contributed by atoms with Gasteiger partial charge < -0.3 is 9.84 Å². The van der Waals surface area contributed by atoms with Crippen molar-refractivity contribution in [2.24, 2.45) is 5.92 Å². The zero-order valence-corrected chi connectivity index (χ0v) is 22.5. The average molecular weight is 536 g/mol. The summed E-state index contributed by atoms with van der Waals surface area (Å²) in [5, 5.41) is 16.4. The van der Waals surface area contributed by atoms with Crippen molar-refractivity contribution < 1.29 is 26.9 Å². The van der Waals surface area contributed by atoms with Gasteiger partial charge in [-0.25, -0.2) is 18.6 Å². The molecule has 2 nitrogen and oxygen atoms in total. The van der Waals surface area contributed by atoms with Gasteiger partial charge in [0.05, 0.1) is 5.95 Å². The van der Waals surface area contributed by atoms with Gasteiger partial charge >= 0.3 is 17.1 Å². The van der Waals surface area contributed by atoms with Crippen molar-refractivity contribution in [3.8, 4) is 0 Å². The monoisotopic (exact) mass is 536 g/mol. The van der Waals surface area contributed by atoms with Crippen LogP contribution in [-0.4, -0.2) is 6.61 Å². The van der Waals surface area contributed by atoms with Crippen LogP contribution >= 0.6 is 7.92 Å². The third-order valence-electron chi connectivity index (χ3n) is 6.21.